The highest BCUT2D eigenvalue weighted by Crippen LogP contribution is 2.46. The smallest absolute Gasteiger partial charge is 0.280 e. The van der Waals surface area contributed by atoms with Crippen molar-refractivity contribution in [3.8, 4) is 5.69 Å². The summed E-state index contributed by atoms with van der Waals surface area (Å²) in [7, 11) is -3.07. The number of pyridine rings is 1. The number of nitrogens with zero attached hydrogens (tertiary/aromatic N) is 7. The summed E-state index contributed by atoms with van der Waals surface area (Å²) in [5, 5.41) is 6.31. The number of sulfonamides is 1. The van der Waals surface area contributed by atoms with Crippen LogP contribution < -0.4 is 14.5 Å². The molecular formula is C48H53ClN9O5S+. The Kier molecular flexibility index (Phi) is 10.9. The number of benzene rings is 3. The van der Waals surface area contributed by atoms with Gasteiger partial charge in [-0.1, -0.05) is 43.2 Å². The Labute approximate surface area is 377 Å². The zero-order valence-corrected chi connectivity index (χ0v) is 38.0. The van der Waals surface area contributed by atoms with Crippen molar-refractivity contribution in [1.29, 1.82) is 0 Å². The number of H-pyrrole nitrogens is 1. The Balaban J connectivity index is 0.916. The van der Waals surface area contributed by atoms with Gasteiger partial charge in [-0.15, -0.1) is 0 Å². The molecule has 64 heavy (non-hydrogen) atoms. The van der Waals surface area contributed by atoms with E-state index in [4.69, 9.17) is 26.4 Å². The van der Waals surface area contributed by atoms with Crippen molar-refractivity contribution >= 4 is 72.2 Å². The van der Waals surface area contributed by atoms with E-state index in [0.29, 0.717) is 32.8 Å². The van der Waals surface area contributed by atoms with E-state index in [0.717, 1.165) is 107 Å². The fraction of sp³-hybridized carbons (Fsp3) is 0.396. The summed E-state index contributed by atoms with van der Waals surface area (Å²) in [6.45, 7) is 11.8. The molecule has 0 radical (unpaired) electrons. The van der Waals surface area contributed by atoms with Crippen LogP contribution in [0.5, 0.6) is 0 Å². The Morgan fingerprint density at radius 2 is 1.69 bits per heavy atom. The van der Waals surface area contributed by atoms with Crippen LogP contribution in [0.15, 0.2) is 95.7 Å². The molecule has 6 aromatic rings. The van der Waals surface area contributed by atoms with Crippen LogP contribution in [0.2, 0.25) is 5.02 Å². The van der Waals surface area contributed by atoms with Crippen molar-refractivity contribution in [2.45, 2.75) is 50.8 Å². The molecule has 3 fully saturated rings. The van der Waals surface area contributed by atoms with E-state index in [-0.39, 0.29) is 27.0 Å². The number of amides is 1. The van der Waals surface area contributed by atoms with E-state index in [1.807, 2.05) is 42.6 Å². The zero-order chi connectivity index (χ0) is 44.4. The van der Waals surface area contributed by atoms with Crippen molar-refractivity contribution in [2.24, 2.45) is 10.8 Å². The first-order valence-corrected chi connectivity index (χ1v) is 23.9. The Morgan fingerprint density at radius 1 is 0.922 bits per heavy atom. The molecule has 332 valence electrons. The van der Waals surface area contributed by atoms with Gasteiger partial charge in [-0.3, -0.25) is 9.69 Å². The highest BCUT2D eigenvalue weighted by atomic mass is 35.5. The van der Waals surface area contributed by atoms with Crippen molar-refractivity contribution in [1.82, 2.24) is 29.4 Å². The molecule has 0 unspecified atom stereocenters. The van der Waals surface area contributed by atoms with Crippen LogP contribution in [0.25, 0.3) is 33.3 Å². The lowest BCUT2D eigenvalue weighted by molar-refractivity contribution is -0.427. The van der Waals surface area contributed by atoms with Gasteiger partial charge < -0.3 is 19.5 Å². The first-order valence-electron chi connectivity index (χ1n) is 22.1. The van der Waals surface area contributed by atoms with Gasteiger partial charge in [0, 0.05) is 102 Å². The van der Waals surface area contributed by atoms with Gasteiger partial charge in [-0.25, -0.2) is 22.8 Å². The topological polar surface area (TPSA) is 149 Å². The largest absolute Gasteiger partial charge is 0.381 e. The maximum atomic E-state index is 14.3. The molecule has 1 aliphatic carbocycles. The number of aromatic amines is 1. The number of allylic oxidation sites excluding steroid dienone is 1. The molecule has 2 N–H and O–H groups in total. The normalized spacial score (nSPS) is 19.1. The highest BCUT2D eigenvalue weighted by Gasteiger charge is 2.45. The molecule has 3 saturated heterocycles. The number of hydrogen-bond acceptors (Lipinski definition) is 10. The standard InChI is InChI=1S/C48H52ClN9O5S/c1-47(2)14-12-34(39(27-47)32-4-6-35(49)7-5-32)29-55-18-20-56(21-19-55)36-8-10-38(42(25-36)58-43-24-33-13-17-50-45(33)52-40(43)28-51-58)46(59)53-64(61,62)37-9-11-41(44(26-37)54(3)60)57-30-48(31-57)15-22-63-23-16-48/h4-11,13,17,24-26,28H,12,14-16,18-23,27,29-31H2,1-3H3,(H-,50,51,52,53,59)/p+1. The van der Waals surface area contributed by atoms with E-state index in [1.54, 1.807) is 23.0 Å². The molecular weight excluding hydrogens is 850 g/mol. The molecule has 3 aromatic heterocycles. The summed E-state index contributed by atoms with van der Waals surface area (Å²) in [6, 6.07) is 22.0. The molecule has 10 rings (SSSR count). The number of hydrogen-bond donors (Lipinski definition) is 2. The average Bonchev–Trinajstić information content (AvgIpc) is 3.92. The Morgan fingerprint density at radius 3 is 2.44 bits per heavy atom. The minimum absolute atomic E-state index is 0.118. The lowest BCUT2D eigenvalue weighted by Crippen LogP contribution is -2.58. The van der Waals surface area contributed by atoms with Crippen LogP contribution in [-0.2, 0) is 14.8 Å². The van der Waals surface area contributed by atoms with Gasteiger partial charge in [0.05, 0.1) is 27.9 Å². The lowest BCUT2D eigenvalue weighted by atomic mass is 9.72. The Hall–Kier alpha value is -5.61. The molecule has 3 aliphatic heterocycles. The van der Waals surface area contributed by atoms with E-state index >= 15 is 0 Å². The number of anilines is 2. The summed E-state index contributed by atoms with van der Waals surface area (Å²) < 4.78 is 38.2. The number of carbonyl (C=O) groups excluding carboxylic acids is 1. The molecule has 4 aliphatic rings. The van der Waals surface area contributed by atoms with Gasteiger partial charge in [0.2, 0.25) is 0 Å². The number of nitrogens with one attached hydrogen (secondary N) is 2. The minimum atomic E-state index is -4.42. The van der Waals surface area contributed by atoms with Gasteiger partial charge in [0.15, 0.2) is 7.05 Å². The predicted molar refractivity (Wildman–Crippen MR) is 250 cm³/mol. The van der Waals surface area contributed by atoms with Crippen LogP contribution in [0.3, 0.4) is 0 Å². The average molecular weight is 904 g/mol. The number of ether oxygens (including phenoxy) is 1. The van der Waals surface area contributed by atoms with Crippen LogP contribution in [0.4, 0.5) is 17.1 Å². The molecule has 3 aromatic carbocycles. The summed E-state index contributed by atoms with van der Waals surface area (Å²) in [5.74, 6) is -0.823. The zero-order valence-electron chi connectivity index (χ0n) is 36.4. The second-order valence-electron chi connectivity index (χ2n) is 18.8. The van der Waals surface area contributed by atoms with Crippen LogP contribution in [0, 0.1) is 15.7 Å². The van der Waals surface area contributed by atoms with Crippen molar-refractivity contribution in [3.63, 3.8) is 0 Å². The molecule has 0 atom stereocenters. The van der Waals surface area contributed by atoms with E-state index in [1.165, 1.54) is 35.9 Å². The van der Waals surface area contributed by atoms with E-state index < -0.39 is 15.9 Å². The maximum absolute atomic E-state index is 14.3. The number of fused-ring (bicyclic) bond motifs is 2. The number of halogens is 1. The molecule has 0 bridgehead atoms. The second-order valence-corrected chi connectivity index (χ2v) is 20.9. The van der Waals surface area contributed by atoms with Gasteiger partial charge >= 0.3 is 0 Å². The van der Waals surface area contributed by atoms with E-state index in [9.17, 15) is 18.1 Å². The number of nitroso groups, excluding NO2 is 1. The van der Waals surface area contributed by atoms with Gasteiger partial charge in [0.1, 0.15) is 16.9 Å². The SMILES string of the molecule is C[N+](=O)c1cc(S(=O)(=O)NC(=O)c2ccc(N3CCN(CC4=C(c5ccc(Cl)cc5)CC(C)(C)CC4)CC3)cc2-n2ncc3nc4[nH]ccc4cc32)ccc1N1CC2(CCOCC2)C1. The highest BCUT2D eigenvalue weighted by molar-refractivity contribution is 7.90. The number of aromatic nitrogens is 4. The van der Waals surface area contributed by atoms with Crippen LogP contribution in [-0.4, -0.2) is 110 Å². The summed E-state index contributed by atoms with van der Waals surface area (Å²) >= 11 is 6.27. The molecule has 16 heteroatoms. The van der Waals surface area contributed by atoms with Crippen molar-refractivity contribution in [2.75, 3.05) is 75.9 Å². The summed E-state index contributed by atoms with van der Waals surface area (Å²) in [4.78, 5) is 41.8. The minimum Gasteiger partial charge on any atom is -0.381 e. The van der Waals surface area contributed by atoms with Crippen molar-refractivity contribution in [3.05, 3.63) is 112 Å². The summed E-state index contributed by atoms with van der Waals surface area (Å²) in [5.41, 5.74) is 8.84. The maximum Gasteiger partial charge on any atom is 0.280 e. The lowest BCUT2D eigenvalue weighted by Gasteiger charge is -2.53. The van der Waals surface area contributed by atoms with Gasteiger partial charge in [-0.05, 0) is 103 Å². The summed E-state index contributed by atoms with van der Waals surface area (Å²) in [6.07, 6.45) is 8.61. The molecule has 0 saturated carbocycles. The molecule has 14 nitrogen and oxygen atoms in total. The van der Waals surface area contributed by atoms with Crippen LogP contribution in [0.1, 0.15) is 61.9 Å². The quantitative estimate of drug-likeness (QED) is 0.129. The first-order chi connectivity index (χ1) is 30.7. The van der Waals surface area contributed by atoms with E-state index in [2.05, 4.69) is 50.4 Å². The van der Waals surface area contributed by atoms with Gasteiger partial charge in [-0.2, -0.15) is 5.10 Å². The fourth-order valence-corrected chi connectivity index (χ4v) is 11.2. The van der Waals surface area contributed by atoms with Crippen LogP contribution >= 0.6 is 11.6 Å². The number of carbonyl (C=O) groups is 1. The monoisotopic (exact) mass is 902 g/mol. The third-order valence-corrected chi connectivity index (χ3v) is 15.4. The third-order valence-electron chi connectivity index (χ3n) is 13.8. The van der Waals surface area contributed by atoms with Gasteiger partial charge in [0.25, 0.3) is 21.6 Å². The molecule has 1 spiro atoms. The number of rotatable bonds is 10. The third kappa shape index (κ3) is 8.18. The molecule has 1 amide bonds. The second kappa shape index (κ2) is 16.4. The first kappa shape index (κ1) is 42.3. The number of piperazine rings is 1. The van der Waals surface area contributed by atoms with Crippen molar-refractivity contribution < 1.29 is 22.7 Å². The molecule has 6 heterocycles. The predicted octanol–water partition coefficient (Wildman–Crippen LogP) is 8.12. The fourth-order valence-electron chi connectivity index (χ4n) is 10.1. The Bertz CT molecular complexity index is 2940.